The average Bonchev–Trinajstić information content (AvgIpc) is 3.01. The van der Waals surface area contributed by atoms with Crippen LogP contribution in [0.2, 0.25) is 0 Å². The Labute approximate surface area is 134 Å². The number of hydrogen-bond donors (Lipinski definition) is 0. The minimum Gasteiger partial charge on any atom is -0.496 e. The zero-order chi connectivity index (χ0) is 15.2. The van der Waals surface area contributed by atoms with Gasteiger partial charge in [-0.25, -0.2) is 0 Å². The number of benzene rings is 1. The van der Waals surface area contributed by atoms with Gasteiger partial charge < -0.3 is 9.47 Å². The molecule has 2 rings (SSSR count). The van der Waals surface area contributed by atoms with Crippen molar-refractivity contribution in [2.75, 3.05) is 20.8 Å². The van der Waals surface area contributed by atoms with Crippen LogP contribution in [0.4, 0.5) is 0 Å². The quantitative estimate of drug-likeness (QED) is 0.733. The number of nitrogens with zero attached hydrogens (tertiary/aromatic N) is 1. The summed E-state index contributed by atoms with van der Waals surface area (Å²) in [6.45, 7) is 1.03. The summed E-state index contributed by atoms with van der Waals surface area (Å²) in [6.07, 6.45) is 4.76. The minimum absolute atomic E-state index is 0.184. The summed E-state index contributed by atoms with van der Waals surface area (Å²) in [6, 6.07) is 6.41. The van der Waals surface area contributed by atoms with E-state index < -0.39 is 0 Å². The van der Waals surface area contributed by atoms with Gasteiger partial charge in [-0.05, 0) is 31.0 Å². The molecule has 1 aliphatic carbocycles. The van der Waals surface area contributed by atoms with Crippen LogP contribution in [0.25, 0.3) is 0 Å². The third kappa shape index (κ3) is 4.45. The summed E-state index contributed by atoms with van der Waals surface area (Å²) in [5.74, 6) is 0.668. The Morgan fingerprint density at radius 3 is 2.67 bits per heavy atom. The van der Waals surface area contributed by atoms with Crippen molar-refractivity contribution in [3.8, 4) is 5.75 Å². The summed E-state index contributed by atoms with van der Waals surface area (Å²) < 4.78 is 11.3. The molecule has 0 amide bonds. The van der Waals surface area contributed by atoms with E-state index in [4.69, 9.17) is 9.47 Å². The normalized spacial score (nSPS) is 15.4. The van der Waals surface area contributed by atoms with Crippen molar-refractivity contribution in [2.45, 2.75) is 38.3 Å². The van der Waals surface area contributed by atoms with Crippen molar-refractivity contribution < 1.29 is 14.3 Å². The summed E-state index contributed by atoms with van der Waals surface area (Å²) in [7, 11) is 3.11. The second-order valence-corrected chi connectivity index (χ2v) is 6.29. The molecule has 1 aromatic carbocycles. The first-order chi connectivity index (χ1) is 10.1. The van der Waals surface area contributed by atoms with Crippen LogP contribution in [0, 0.1) is 0 Å². The second kappa shape index (κ2) is 7.80. The number of ether oxygens (including phenoxy) is 2. The van der Waals surface area contributed by atoms with Crippen molar-refractivity contribution in [1.82, 2.24) is 4.90 Å². The first-order valence-corrected chi connectivity index (χ1v) is 8.06. The molecule has 1 fully saturated rings. The third-order valence-corrected chi connectivity index (χ3v) is 4.51. The van der Waals surface area contributed by atoms with E-state index in [9.17, 15) is 4.79 Å². The second-order valence-electron chi connectivity index (χ2n) is 5.38. The number of rotatable bonds is 6. The highest BCUT2D eigenvalue weighted by Crippen LogP contribution is 2.29. The highest BCUT2D eigenvalue weighted by molar-refractivity contribution is 9.10. The van der Waals surface area contributed by atoms with Crippen LogP contribution in [0.3, 0.4) is 0 Å². The molecule has 0 radical (unpaired) electrons. The molecule has 0 aliphatic heterocycles. The minimum atomic E-state index is -0.184. The Hall–Kier alpha value is -1.07. The number of halogens is 1. The van der Waals surface area contributed by atoms with Crippen LogP contribution >= 0.6 is 15.9 Å². The maximum Gasteiger partial charge on any atom is 0.319 e. The van der Waals surface area contributed by atoms with Crippen molar-refractivity contribution >= 4 is 21.9 Å². The van der Waals surface area contributed by atoms with Crippen molar-refractivity contribution in [3.05, 3.63) is 28.2 Å². The lowest BCUT2D eigenvalue weighted by atomic mass is 10.1. The van der Waals surface area contributed by atoms with Gasteiger partial charge in [0.25, 0.3) is 0 Å². The lowest BCUT2D eigenvalue weighted by Crippen LogP contribution is -2.37. The summed E-state index contributed by atoms with van der Waals surface area (Å²) in [5.41, 5.74) is 1.09. The molecule has 1 saturated carbocycles. The first kappa shape index (κ1) is 16.3. The maximum atomic E-state index is 11.7. The van der Waals surface area contributed by atoms with Crippen LogP contribution in [-0.2, 0) is 16.1 Å². The van der Waals surface area contributed by atoms with Gasteiger partial charge in [-0.2, -0.15) is 0 Å². The van der Waals surface area contributed by atoms with Gasteiger partial charge in [0.2, 0.25) is 0 Å². The lowest BCUT2D eigenvalue weighted by molar-refractivity contribution is -0.142. The van der Waals surface area contributed by atoms with Gasteiger partial charge in [-0.3, -0.25) is 9.69 Å². The van der Waals surface area contributed by atoms with E-state index in [1.807, 2.05) is 12.1 Å². The number of esters is 1. The van der Waals surface area contributed by atoms with E-state index in [-0.39, 0.29) is 5.97 Å². The first-order valence-electron chi connectivity index (χ1n) is 7.27. The van der Waals surface area contributed by atoms with Crippen LogP contribution < -0.4 is 4.74 Å². The Kier molecular flexibility index (Phi) is 6.06. The molecule has 0 spiro atoms. The van der Waals surface area contributed by atoms with E-state index in [0.717, 1.165) is 28.6 Å². The molecule has 0 saturated heterocycles. The van der Waals surface area contributed by atoms with Gasteiger partial charge in [0, 0.05) is 22.6 Å². The average molecular weight is 356 g/mol. The highest BCUT2D eigenvalue weighted by atomic mass is 79.9. The summed E-state index contributed by atoms with van der Waals surface area (Å²) >= 11 is 3.50. The molecular formula is C16H22BrNO3. The molecule has 0 bridgehead atoms. The van der Waals surface area contributed by atoms with Gasteiger partial charge in [0.15, 0.2) is 0 Å². The van der Waals surface area contributed by atoms with Gasteiger partial charge in [-0.1, -0.05) is 28.8 Å². The third-order valence-electron chi connectivity index (χ3n) is 4.02. The largest absolute Gasteiger partial charge is 0.496 e. The Balaban J connectivity index is 2.17. The monoisotopic (exact) mass is 355 g/mol. The molecule has 0 heterocycles. The van der Waals surface area contributed by atoms with Gasteiger partial charge in [-0.15, -0.1) is 0 Å². The Morgan fingerprint density at radius 2 is 2.05 bits per heavy atom. The standard InChI is InChI=1S/C16H22BrNO3/c1-20-15-8-7-13(17)9-12(15)10-18(11-16(19)21-2)14-5-3-4-6-14/h7-9,14H,3-6,10-11H2,1-2H3. The molecule has 0 aromatic heterocycles. The topological polar surface area (TPSA) is 38.8 Å². The van der Waals surface area contributed by atoms with Gasteiger partial charge >= 0.3 is 5.97 Å². The Morgan fingerprint density at radius 1 is 1.33 bits per heavy atom. The fraction of sp³-hybridized carbons (Fsp3) is 0.562. The molecule has 21 heavy (non-hydrogen) atoms. The summed E-state index contributed by atoms with van der Waals surface area (Å²) in [4.78, 5) is 13.9. The fourth-order valence-electron chi connectivity index (χ4n) is 2.90. The molecule has 0 N–H and O–H groups in total. The molecule has 0 unspecified atom stereocenters. The molecule has 1 aromatic rings. The molecule has 0 atom stereocenters. The van der Waals surface area contributed by atoms with E-state index in [2.05, 4.69) is 26.9 Å². The molecule has 1 aliphatic rings. The predicted octanol–water partition coefficient (Wildman–Crippen LogP) is 3.38. The number of methoxy groups -OCH3 is 2. The smallest absolute Gasteiger partial charge is 0.319 e. The fourth-order valence-corrected chi connectivity index (χ4v) is 3.31. The molecule has 5 heteroatoms. The maximum absolute atomic E-state index is 11.7. The van der Waals surface area contributed by atoms with Crippen molar-refractivity contribution in [3.63, 3.8) is 0 Å². The van der Waals surface area contributed by atoms with E-state index in [0.29, 0.717) is 19.1 Å². The van der Waals surface area contributed by atoms with E-state index in [1.54, 1.807) is 7.11 Å². The molecule has 4 nitrogen and oxygen atoms in total. The van der Waals surface area contributed by atoms with Gasteiger partial charge in [0.1, 0.15) is 5.75 Å². The Bertz CT molecular complexity index is 486. The highest BCUT2D eigenvalue weighted by Gasteiger charge is 2.25. The van der Waals surface area contributed by atoms with Crippen LogP contribution in [0.1, 0.15) is 31.2 Å². The lowest BCUT2D eigenvalue weighted by Gasteiger charge is -2.28. The number of carbonyl (C=O) groups excluding carboxylic acids is 1. The van der Waals surface area contributed by atoms with E-state index in [1.165, 1.54) is 20.0 Å². The molecule has 116 valence electrons. The zero-order valence-corrected chi connectivity index (χ0v) is 14.2. The SMILES string of the molecule is COC(=O)CN(Cc1cc(Br)ccc1OC)C1CCCC1. The van der Waals surface area contributed by atoms with Crippen LogP contribution in [-0.4, -0.2) is 37.7 Å². The van der Waals surface area contributed by atoms with Crippen molar-refractivity contribution in [2.24, 2.45) is 0 Å². The van der Waals surface area contributed by atoms with E-state index >= 15 is 0 Å². The van der Waals surface area contributed by atoms with Gasteiger partial charge in [0.05, 0.1) is 20.8 Å². The predicted molar refractivity (Wildman–Crippen MR) is 85.4 cm³/mol. The van der Waals surface area contributed by atoms with Crippen molar-refractivity contribution in [1.29, 1.82) is 0 Å². The van der Waals surface area contributed by atoms with Crippen LogP contribution in [0.5, 0.6) is 5.75 Å². The molecular weight excluding hydrogens is 334 g/mol. The van der Waals surface area contributed by atoms with Crippen LogP contribution in [0.15, 0.2) is 22.7 Å². The zero-order valence-electron chi connectivity index (χ0n) is 12.6. The number of hydrogen-bond acceptors (Lipinski definition) is 4. The number of carbonyl (C=O) groups is 1. The summed E-state index contributed by atoms with van der Waals surface area (Å²) in [5, 5.41) is 0.